The molecule has 1 aromatic carbocycles. The van der Waals surface area contributed by atoms with E-state index in [0.717, 1.165) is 6.26 Å². The van der Waals surface area contributed by atoms with Gasteiger partial charge in [0.05, 0.1) is 24.6 Å². The smallest absolute Gasteiger partial charge is 0.229 e. The summed E-state index contributed by atoms with van der Waals surface area (Å²) in [6.07, 6.45) is 2.19. The van der Waals surface area contributed by atoms with Gasteiger partial charge in [-0.3, -0.25) is 4.72 Å². The van der Waals surface area contributed by atoms with Crippen LogP contribution >= 0.6 is 0 Å². The molecule has 92 valence electrons. The quantitative estimate of drug-likeness (QED) is 0.784. The molecule has 0 aromatic heterocycles. The number of hydrogen-bond acceptors (Lipinski definition) is 4. The Balaban J connectivity index is 2.57. The number of rotatable bonds is 6. The molecule has 0 heterocycles. The zero-order valence-electron chi connectivity index (χ0n) is 9.51. The molecule has 6 heteroatoms. The summed E-state index contributed by atoms with van der Waals surface area (Å²) in [6.45, 7) is 0.440. The van der Waals surface area contributed by atoms with Crippen molar-refractivity contribution in [3.05, 3.63) is 24.3 Å². The molecular formula is C11H14N2O3S. The molecule has 0 saturated carbocycles. The van der Waals surface area contributed by atoms with Crippen LogP contribution in [0.4, 0.5) is 5.69 Å². The van der Waals surface area contributed by atoms with Crippen LogP contribution < -0.4 is 9.46 Å². The lowest BCUT2D eigenvalue weighted by atomic mass is 10.3. The van der Waals surface area contributed by atoms with Gasteiger partial charge in [-0.25, -0.2) is 8.42 Å². The lowest BCUT2D eigenvalue weighted by Gasteiger charge is -2.07. The standard InChI is InChI=1S/C11H14N2O3S/c1-17(14,15)13-10-5-4-6-11(9-10)16-8-3-2-7-12/h4-6,9,13H,2-3,8H2,1H3. The van der Waals surface area contributed by atoms with Gasteiger partial charge in [-0.15, -0.1) is 0 Å². The van der Waals surface area contributed by atoms with Crippen molar-refractivity contribution < 1.29 is 13.2 Å². The molecule has 1 rings (SSSR count). The summed E-state index contributed by atoms with van der Waals surface area (Å²) < 4.78 is 29.8. The molecule has 0 saturated heterocycles. The highest BCUT2D eigenvalue weighted by Crippen LogP contribution is 2.18. The molecule has 17 heavy (non-hydrogen) atoms. The summed E-state index contributed by atoms with van der Waals surface area (Å²) in [5.74, 6) is 0.580. The predicted octanol–water partition coefficient (Wildman–Crippen LogP) is 1.74. The predicted molar refractivity (Wildman–Crippen MR) is 65.3 cm³/mol. The second kappa shape index (κ2) is 6.11. The summed E-state index contributed by atoms with van der Waals surface area (Å²) in [4.78, 5) is 0. The number of unbranched alkanes of at least 4 members (excludes halogenated alkanes) is 1. The Morgan fingerprint density at radius 2 is 2.24 bits per heavy atom. The molecule has 1 aromatic rings. The average molecular weight is 254 g/mol. The largest absolute Gasteiger partial charge is 0.493 e. The van der Waals surface area contributed by atoms with Crippen LogP contribution in [-0.4, -0.2) is 21.3 Å². The number of nitriles is 1. The SMILES string of the molecule is CS(=O)(=O)Nc1cccc(OCCCC#N)c1. The van der Waals surface area contributed by atoms with Crippen molar-refractivity contribution in [1.82, 2.24) is 0 Å². The van der Waals surface area contributed by atoms with Crippen LogP contribution in [0.3, 0.4) is 0 Å². The van der Waals surface area contributed by atoms with E-state index in [0.29, 0.717) is 30.9 Å². The van der Waals surface area contributed by atoms with Gasteiger partial charge in [-0.05, 0) is 18.6 Å². The maximum Gasteiger partial charge on any atom is 0.229 e. The monoisotopic (exact) mass is 254 g/mol. The normalized spacial score (nSPS) is 10.6. The third-order valence-corrected chi connectivity index (χ3v) is 2.45. The molecule has 0 spiro atoms. The minimum Gasteiger partial charge on any atom is -0.493 e. The molecule has 0 amide bonds. The summed E-state index contributed by atoms with van der Waals surface area (Å²) in [5, 5.41) is 8.35. The van der Waals surface area contributed by atoms with Crippen LogP contribution in [0.2, 0.25) is 0 Å². The van der Waals surface area contributed by atoms with Crippen LogP contribution in [0.15, 0.2) is 24.3 Å². The topological polar surface area (TPSA) is 79.2 Å². The lowest BCUT2D eigenvalue weighted by Crippen LogP contribution is -2.09. The van der Waals surface area contributed by atoms with E-state index in [-0.39, 0.29) is 0 Å². The molecule has 0 atom stereocenters. The molecule has 0 aliphatic carbocycles. The first-order valence-electron chi connectivity index (χ1n) is 5.09. The van der Waals surface area contributed by atoms with Crippen LogP contribution in [0.5, 0.6) is 5.75 Å². The molecule has 5 nitrogen and oxygen atoms in total. The summed E-state index contributed by atoms with van der Waals surface area (Å²) in [5.41, 5.74) is 0.463. The van der Waals surface area contributed by atoms with Gasteiger partial charge in [0, 0.05) is 12.5 Å². The fraction of sp³-hybridized carbons (Fsp3) is 0.364. The Bertz CT molecular complexity index is 506. The third kappa shape index (κ3) is 5.78. The first kappa shape index (κ1) is 13.3. The van der Waals surface area contributed by atoms with Crippen LogP contribution in [-0.2, 0) is 10.0 Å². The lowest BCUT2D eigenvalue weighted by molar-refractivity contribution is 0.313. The van der Waals surface area contributed by atoms with E-state index < -0.39 is 10.0 Å². The number of hydrogen-bond donors (Lipinski definition) is 1. The average Bonchev–Trinajstić information content (AvgIpc) is 2.23. The first-order chi connectivity index (χ1) is 8.01. The Morgan fingerprint density at radius 3 is 2.88 bits per heavy atom. The minimum absolute atomic E-state index is 0.440. The van der Waals surface area contributed by atoms with Crippen molar-refractivity contribution in [1.29, 1.82) is 5.26 Å². The molecule has 0 fully saturated rings. The highest BCUT2D eigenvalue weighted by molar-refractivity contribution is 7.92. The van der Waals surface area contributed by atoms with Gasteiger partial charge in [0.15, 0.2) is 0 Å². The van der Waals surface area contributed by atoms with Gasteiger partial charge in [0.25, 0.3) is 0 Å². The Labute approximate surface area is 101 Å². The van der Waals surface area contributed by atoms with E-state index in [9.17, 15) is 8.42 Å². The van der Waals surface area contributed by atoms with Crippen molar-refractivity contribution in [3.8, 4) is 11.8 Å². The number of ether oxygens (including phenoxy) is 1. The molecular weight excluding hydrogens is 240 g/mol. The van der Waals surface area contributed by atoms with Crippen molar-refractivity contribution in [2.24, 2.45) is 0 Å². The highest BCUT2D eigenvalue weighted by atomic mass is 32.2. The van der Waals surface area contributed by atoms with Gasteiger partial charge in [-0.2, -0.15) is 5.26 Å². The van der Waals surface area contributed by atoms with Gasteiger partial charge in [0.1, 0.15) is 5.75 Å². The minimum atomic E-state index is -3.27. The van der Waals surface area contributed by atoms with Crippen molar-refractivity contribution >= 4 is 15.7 Å². The van der Waals surface area contributed by atoms with E-state index in [2.05, 4.69) is 4.72 Å². The fourth-order valence-electron chi connectivity index (χ4n) is 1.20. The number of nitrogens with one attached hydrogen (secondary N) is 1. The zero-order valence-corrected chi connectivity index (χ0v) is 10.3. The maximum absolute atomic E-state index is 11.0. The first-order valence-corrected chi connectivity index (χ1v) is 6.98. The van der Waals surface area contributed by atoms with Crippen LogP contribution in [0, 0.1) is 11.3 Å². The molecule has 0 bridgehead atoms. The fourth-order valence-corrected chi connectivity index (χ4v) is 1.76. The molecule has 1 N–H and O–H groups in total. The molecule has 0 aliphatic rings. The Morgan fingerprint density at radius 1 is 1.47 bits per heavy atom. The van der Waals surface area contributed by atoms with Gasteiger partial charge < -0.3 is 4.74 Å². The number of anilines is 1. The van der Waals surface area contributed by atoms with E-state index >= 15 is 0 Å². The van der Waals surface area contributed by atoms with Crippen molar-refractivity contribution in [2.75, 3.05) is 17.6 Å². The Hall–Kier alpha value is -1.74. The molecule has 0 radical (unpaired) electrons. The van der Waals surface area contributed by atoms with E-state index in [4.69, 9.17) is 10.00 Å². The number of sulfonamides is 1. The summed E-state index contributed by atoms with van der Waals surface area (Å²) >= 11 is 0. The van der Waals surface area contributed by atoms with Gasteiger partial charge in [0.2, 0.25) is 10.0 Å². The second-order valence-electron chi connectivity index (χ2n) is 3.51. The second-order valence-corrected chi connectivity index (χ2v) is 5.26. The van der Waals surface area contributed by atoms with E-state index in [1.807, 2.05) is 6.07 Å². The van der Waals surface area contributed by atoms with E-state index in [1.165, 1.54) is 0 Å². The van der Waals surface area contributed by atoms with Gasteiger partial charge >= 0.3 is 0 Å². The highest BCUT2D eigenvalue weighted by Gasteiger charge is 2.02. The summed E-state index contributed by atoms with van der Waals surface area (Å²) in [7, 11) is -3.27. The third-order valence-electron chi connectivity index (χ3n) is 1.84. The van der Waals surface area contributed by atoms with Gasteiger partial charge in [-0.1, -0.05) is 6.07 Å². The van der Waals surface area contributed by atoms with Crippen LogP contribution in [0.1, 0.15) is 12.8 Å². The van der Waals surface area contributed by atoms with Crippen molar-refractivity contribution in [2.45, 2.75) is 12.8 Å². The zero-order chi connectivity index (χ0) is 12.7. The Kier molecular flexibility index (Phi) is 4.79. The van der Waals surface area contributed by atoms with Crippen molar-refractivity contribution in [3.63, 3.8) is 0 Å². The summed E-state index contributed by atoms with van der Waals surface area (Å²) in [6, 6.07) is 8.71. The number of benzene rings is 1. The number of nitrogens with zero attached hydrogens (tertiary/aromatic N) is 1. The molecule has 0 unspecified atom stereocenters. The van der Waals surface area contributed by atoms with E-state index in [1.54, 1.807) is 24.3 Å². The molecule has 0 aliphatic heterocycles. The maximum atomic E-state index is 11.0. The van der Waals surface area contributed by atoms with Crippen LogP contribution in [0.25, 0.3) is 0 Å².